The fourth-order valence-electron chi connectivity index (χ4n) is 2.48. The molecule has 0 saturated carbocycles. The van der Waals surface area contributed by atoms with Crippen LogP contribution in [0.15, 0.2) is 29.1 Å². The quantitative estimate of drug-likeness (QED) is 0.730. The van der Waals surface area contributed by atoms with Gasteiger partial charge >= 0.3 is 0 Å². The third kappa shape index (κ3) is 1.18. The summed E-state index contributed by atoms with van der Waals surface area (Å²) in [4.78, 5) is 12.2. The van der Waals surface area contributed by atoms with Crippen LogP contribution < -0.4 is 5.56 Å². The van der Waals surface area contributed by atoms with Crippen LogP contribution in [-0.2, 0) is 13.0 Å². The Kier molecular flexibility index (Phi) is 1.99. The summed E-state index contributed by atoms with van der Waals surface area (Å²) in [6.07, 6.45) is 2.86. The smallest absolute Gasteiger partial charge is 0.258 e. The van der Waals surface area contributed by atoms with Gasteiger partial charge in [-0.15, -0.1) is 0 Å². The number of rotatable bonds is 0. The highest BCUT2D eigenvalue weighted by molar-refractivity contribution is 5.88. The fraction of sp³-hybridized carbons (Fsp3) is 0.308. The van der Waals surface area contributed by atoms with E-state index in [1.165, 1.54) is 0 Å². The predicted octanol–water partition coefficient (Wildman–Crippen LogP) is 2.04. The van der Waals surface area contributed by atoms with Gasteiger partial charge in [-0.3, -0.25) is 4.79 Å². The molecule has 0 radical (unpaired) electrons. The summed E-state index contributed by atoms with van der Waals surface area (Å²) in [6.45, 7) is 0.729. The minimum atomic E-state index is 0.0306. The standard InChI is InChI=1S/C13H13NO2/c15-12-9-5-1-2-6-10(9)13(16)14-8-4-3-7-11(12)14/h1-2,5-6,15H,3-4,7-8H2. The zero-order valence-electron chi connectivity index (χ0n) is 8.94. The molecule has 0 amide bonds. The molecule has 0 fully saturated rings. The molecule has 1 aromatic carbocycles. The van der Waals surface area contributed by atoms with E-state index in [1.54, 1.807) is 10.6 Å². The Labute approximate surface area is 93.0 Å². The lowest BCUT2D eigenvalue weighted by Gasteiger charge is -2.20. The molecule has 82 valence electrons. The molecule has 16 heavy (non-hydrogen) atoms. The van der Waals surface area contributed by atoms with Crippen LogP contribution >= 0.6 is 0 Å². The molecule has 3 heteroatoms. The van der Waals surface area contributed by atoms with Crippen LogP contribution in [0.25, 0.3) is 10.8 Å². The Bertz CT molecular complexity index is 613. The lowest BCUT2D eigenvalue weighted by atomic mass is 10.0. The van der Waals surface area contributed by atoms with Gasteiger partial charge in [0.1, 0.15) is 5.75 Å². The predicted molar refractivity (Wildman–Crippen MR) is 62.8 cm³/mol. The minimum Gasteiger partial charge on any atom is -0.505 e. The second-order valence-electron chi connectivity index (χ2n) is 4.25. The molecule has 0 spiro atoms. The molecular weight excluding hydrogens is 202 g/mol. The molecule has 0 atom stereocenters. The van der Waals surface area contributed by atoms with Crippen molar-refractivity contribution in [3.8, 4) is 5.75 Å². The summed E-state index contributed by atoms with van der Waals surface area (Å²) in [6, 6.07) is 7.26. The average molecular weight is 215 g/mol. The third-order valence-corrected chi connectivity index (χ3v) is 3.30. The van der Waals surface area contributed by atoms with Crippen LogP contribution in [0.5, 0.6) is 5.75 Å². The van der Waals surface area contributed by atoms with Crippen LogP contribution in [0.1, 0.15) is 18.5 Å². The van der Waals surface area contributed by atoms with Crippen molar-refractivity contribution in [2.45, 2.75) is 25.8 Å². The maximum absolute atomic E-state index is 12.2. The Hall–Kier alpha value is -1.77. The highest BCUT2D eigenvalue weighted by Crippen LogP contribution is 2.29. The first-order valence-electron chi connectivity index (χ1n) is 5.62. The van der Waals surface area contributed by atoms with Crippen molar-refractivity contribution in [2.75, 3.05) is 0 Å². The van der Waals surface area contributed by atoms with Gasteiger partial charge in [0.15, 0.2) is 0 Å². The molecule has 1 aliphatic heterocycles. The molecule has 0 saturated heterocycles. The van der Waals surface area contributed by atoms with E-state index < -0.39 is 0 Å². The highest BCUT2D eigenvalue weighted by atomic mass is 16.3. The van der Waals surface area contributed by atoms with E-state index >= 15 is 0 Å². The van der Waals surface area contributed by atoms with Gasteiger partial charge in [0.05, 0.1) is 11.1 Å². The fourth-order valence-corrected chi connectivity index (χ4v) is 2.48. The molecule has 0 bridgehead atoms. The van der Waals surface area contributed by atoms with Crippen molar-refractivity contribution in [1.29, 1.82) is 0 Å². The Morgan fingerprint density at radius 3 is 2.69 bits per heavy atom. The van der Waals surface area contributed by atoms with E-state index in [2.05, 4.69) is 0 Å². The van der Waals surface area contributed by atoms with E-state index in [4.69, 9.17) is 0 Å². The molecule has 2 heterocycles. The van der Waals surface area contributed by atoms with E-state index in [0.29, 0.717) is 10.8 Å². The number of nitrogens with zero attached hydrogens (tertiary/aromatic N) is 1. The minimum absolute atomic E-state index is 0.0306. The Balaban J connectivity index is 2.49. The van der Waals surface area contributed by atoms with Gasteiger partial charge in [-0.1, -0.05) is 18.2 Å². The van der Waals surface area contributed by atoms with Crippen LogP contribution in [0.2, 0.25) is 0 Å². The molecular formula is C13H13NO2. The van der Waals surface area contributed by atoms with Crippen LogP contribution in [0.4, 0.5) is 0 Å². The number of hydrogen-bond donors (Lipinski definition) is 1. The summed E-state index contributed by atoms with van der Waals surface area (Å²) in [5, 5.41) is 11.5. The first-order valence-corrected chi connectivity index (χ1v) is 5.62. The van der Waals surface area contributed by atoms with Crippen LogP contribution in [0.3, 0.4) is 0 Å². The van der Waals surface area contributed by atoms with Gasteiger partial charge in [0.2, 0.25) is 0 Å². The molecule has 3 nitrogen and oxygen atoms in total. The van der Waals surface area contributed by atoms with Crippen molar-refractivity contribution >= 4 is 10.8 Å². The average Bonchev–Trinajstić information content (AvgIpc) is 2.36. The number of aromatic hydroxyl groups is 1. The van der Waals surface area contributed by atoms with Crippen molar-refractivity contribution in [3.05, 3.63) is 40.3 Å². The summed E-state index contributed by atoms with van der Waals surface area (Å²) < 4.78 is 1.72. The maximum atomic E-state index is 12.2. The molecule has 3 rings (SSSR count). The van der Waals surface area contributed by atoms with Crippen molar-refractivity contribution < 1.29 is 5.11 Å². The monoisotopic (exact) mass is 215 g/mol. The zero-order chi connectivity index (χ0) is 11.1. The van der Waals surface area contributed by atoms with E-state index in [-0.39, 0.29) is 11.3 Å². The van der Waals surface area contributed by atoms with Gasteiger partial charge in [0.25, 0.3) is 5.56 Å². The molecule has 0 unspecified atom stereocenters. The summed E-state index contributed by atoms with van der Waals surface area (Å²) >= 11 is 0. The number of fused-ring (bicyclic) bond motifs is 2. The Morgan fingerprint density at radius 1 is 1.12 bits per heavy atom. The molecule has 1 aliphatic rings. The van der Waals surface area contributed by atoms with Crippen molar-refractivity contribution in [1.82, 2.24) is 4.57 Å². The largest absolute Gasteiger partial charge is 0.505 e. The van der Waals surface area contributed by atoms with Gasteiger partial charge in [0, 0.05) is 11.9 Å². The second-order valence-corrected chi connectivity index (χ2v) is 4.25. The molecule has 0 aliphatic carbocycles. The Morgan fingerprint density at radius 2 is 1.88 bits per heavy atom. The second kappa shape index (κ2) is 3.37. The van der Waals surface area contributed by atoms with Gasteiger partial charge in [-0.05, 0) is 25.3 Å². The zero-order valence-corrected chi connectivity index (χ0v) is 8.94. The SMILES string of the molecule is O=c1c2ccccc2c(O)c2n1CCCC2. The lowest BCUT2D eigenvalue weighted by Crippen LogP contribution is -2.26. The number of pyridine rings is 1. The maximum Gasteiger partial charge on any atom is 0.258 e. The first-order chi connectivity index (χ1) is 7.79. The lowest BCUT2D eigenvalue weighted by molar-refractivity contribution is 0.435. The van der Waals surface area contributed by atoms with Gasteiger partial charge < -0.3 is 9.67 Å². The summed E-state index contributed by atoms with van der Waals surface area (Å²) in [5.74, 6) is 0.287. The highest BCUT2D eigenvalue weighted by Gasteiger charge is 2.17. The first kappa shape index (κ1) is 9.46. The third-order valence-electron chi connectivity index (χ3n) is 3.30. The summed E-state index contributed by atoms with van der Waals surface area (Å²) in [5.41, 5.74) is 0.832. The van der Waals surface area contributed by atoms with Gasteiger partial charge in [-0.25, -0.2) is 0 Å². The van der Waals surface area contributed by atoms with Crippen LogP contribution in [-0.4, -0.2) is 9.67 Å². The molecule has 1 aromatic heterocycles. The number of hydrogen-bond acceptors (Lipinski definition) is 2. The number of benzene rings is 1. The van der Waals surface area contributed by atoms with E-state index in [0.717, 1.165) is 31.5 Å². The normalized spacial score (nSPS) is 15.0. The van der Waals surface area contributed by atoms with Crippen LogP contribution in [0, 0.1) is 0 Å². The van der Waals surface area contributed by atoms with E-state index in [9.17, 15) is 9.90 Å². The molecule has 2 aromatic rings. The van der Waals surface area contributed by atoms with Gasteiger partial charge in [-0.2, -0.15) is 0 Å². The number of aromatic nitrogens is 1. The van der Waals surface area contributed by atoms with E-state index in [1.807, 2.05) is 18.2 Å². The van der Waals surface area contributed by atoms with Crippen molar-refractivity contribution in [2.24, 2.45) is 0 Å². The summed E-state index contributed by atoms with van der Waals surface area (Å²) in [7, 11) is 0. The van der Waals surface area contributed by atoms with Crippen molar-refractivity contribution in [3.63, 3.8) is 0 Å². The topological polar surface area (TPSA) is 42.2 Å². The molecule has 1 N–H and O–H groups in total.